The summed E-state index contributed by atoms with van der Waals surface area (Å²) < 4.78 is 5.19. The number of hydrogen-bond acceptors (Lipinski definition) is 2. The molecule has 0 aromatic heterocycles. The monoisotopic (exact) mass is 197 g/mol. The minimum Gasteiger partial charge on any atom is -0.379 e. The molecule has 0 radical (unpaired) electrons. The normalized spacial score (nSPS) is 25.6. The molecule has 0 atom stereocenters. The summed E-state index contributed by atoms with van der Waals surface area (Å²) in [6.45, 7) is 5.28. The van der Waals surface area contributed by atoms with Crippen molar-refractivity contribution >= 4 is 5.91 Å². The van der Waals surface area contributed by atoms with Gasteiger partial charge in [0.2, 0.25) is 5.91 Å². The Labute approximate surface area is 85.4 Å². The summed E-state index contributed by atoms with van der Waals surface area (Å²) in [4.78, 5) is 14.2. The van der Waals surface area contributed by atoms with E-state index in [9.17, 15) is 4.79 Å². The van der Waals surface area contributed by atoms with Crippen molar-refractivity contribution in [2.24, 2.45) is 5.41 Å². The lowest BCUT2D eigenvalue weighted by atomic mass is 9.81. The third-order valence-corrected chi connectivity index (χ3v) is 3.53. The fourth-order valence-corrected chi connectivity index (χ4v) is 2.26. The highest BCUT2D eigenvalue weighted by molar-refractivity contribution is 5.83. The van der Waals surface area contributed by atoms with E-state index in [0.717, 1.165) is 19.5 Å². The SMILES string of the molecule is CCC1(C(=O)N2CCCCC2)COC1. The number of hydrogen-bond donors (Lipinski definition) is 0. The van der Waals surface area contributed by atoms with Gasteiger partial charge < -0.3 is 9.64 Å². The molecular formula is C11H19NO2. The van der Waals surface area contributed by atoms with Gasteiger partial charge in [-0.1, -0.05) is 6.92 Å². The molecule has 2 aliphatic heterocycles. The van der Waals surface area contributed by atoms with E-state index in [1.165, 1.54) is 19.3 Å². The fraction of sp³-hybridized carbons (Fsp3) is 0.909. The highest BCUT2D eigenvalue weighted by Gasteiger charge is 2.46. The summed E-state index contributed by atoms with van der Waals surface area (Å²) in [5.41, 5.74) is -0.155. The zero-order valence-electron chi connectivity index (χ0n) is 8.92. The highest BCUT2D eigenvalue weighted by atomic mass is 16.5. The van der Waals surface area contributed by atoms with Crippen molar-refractivity contribution in [3.8, 4) is 0 Å². The Balaban J connectivity index is 1.98. The van der Waals surface area contributed by atoms with Crippen LogP contribution in [-0.4, -0.2) is 37.1 Å². The molecule has 0 aromatic carbocycles. The van der Waals surface area contributed by atoms with E-state index in [2.05, 4.69) is 6.92 Å². The van der Waals surface area contributed by atoms with Crippen LogP contribution in [0.3, 0.4) is 0 Å². The van der Waals surface area contributed by atoms with Gasteiger partial charge in [-0.25, -0.2) is 0 Å². The van der Waals surface area contributed by atoms with E-state index in [-0.39, 0.29) is 5.41 Å². The van der Waals surface area contributed by atoms with Gasteiger partial charge in [0.1, 0.15) is 0 Å². The number of carbonyl (C=O) groups excluding carboxylic acids is 1. The van der Waals surface area contributed by atoms with E-state index < -0.39 is 0 Å². The molecule has 0 N–H and O–H groups in total. The molecule has 1 amide bonds. The number of rotatable bonds is 2. The second-order valence-electron chi connectivity index (χ2n) is 4.48. The lowest BCUT2D eigenvalue weighted by molar-refractivity contribution is -0.174. The standard InChI is InChI=1S/C11H19NO2/c1-2-11(8-14-9-11)10(13)12-6-4-3-5-7-12/h2-9H2,1H3. The van der Waals surface area contributed by atoms with E-state index in [0.29, 0.717) is 19.1 Å². The van der Waals surface area contributed by atoms with Crippen molar-refractivity contribution in [2.75, 3.05) is 26.3 Å². The van der Waals surface area contributed by atoms with Crippen molar-refractivity contribution in [3.63, 3.8) is 0 Å². The van der Waals surface area contributed by atoms with Gasteiger partial charge in [0, 0.05) is 13.1 Å². The topological polar surface area (TPSA) is 29.5 Å². The number of ether oxygens (including phenoxy) is 1. The molecule has 2 fully saturated rings. The molecule has 0 spiro atoms. The number of likely N-dealkylation sites (tertiary alicyclic amines) is 1. The number of piperidine rings is 1. The van der Waals surface area contributed by atoms with Crippen LogP contribution >= 0.6 is 0 Å². The Morgan fingerprint density at radius 1 is 1.29 bits per heavy atom. The summed E-state index contributed by atoms with van der Waals surface area (Å²) in [5, 5.41) is 0. The first-order valence-electron chi connectivity index (χ1n) is 5.66. The largest absolute Gasteiger partial charge is 0.379 e. The van der Waals surface area contributed by atoms with Gasteiger partial charge in [-0.15, -0.1) is 0 Å². The molecule has 14 heavy (non-hydrogen) atoms. The molecule has 3 heteroatoms. The summed E-state index contributed by atoms with van der Waals surface area (Å²) in [6.07, 6.45) is 4.54. The first-order chi connectivity index (χ1) is 6.78. The maximum atomic E-state index is 12.2. The molecule has 80 valence electrons. The number of carbonyl (C=O) groups is 1. The quantitative estimate of drug-likeness (QED) is 0.670. The van der Waals surface area contributed by atoms with E-state index >= 15 is 0 Å². The Bertz CT molecular complexity index is 212. The molecule has 2 rings (SSSR count). The molecule has 0 bridgehead atoms. The maximum absolute atomic E-state index is 12.2. The predicted octanol–water partition coefficient (Wildman–Crippen LogP) is 1.43. The van der Waals surface area contributed by atoms with Crippen molar-refractivity contribution in [1.82, 2.24) is 4.90 Å². The van der Waals surface area contributed by atoms with Gasteiger partial charge in [-0.05, 0) is 25.7 Å². The Morgan fingerprint density at radius 3 is 2.36 bits per heavy atom. The minimum atomic E-state index is -0.155. The second-order valence-corrected chi connectivity index (χ2v) is 4.48. The zero-order chi connectivity index (χ0) is 10.0. The van der Waals surface area contributed by atoms with Crippen LogP contribution in [0.5, 0.6) is 0 Å². The molecule has 2 saturated heterocycles. The Hall–Kier alpha value is -0.570. The molecule has 2 heterocycles. The first-order valence-corrected chi connectivity index (χ1v) is 5.66. The van der Waals surface area contributed by atoms with Gasteiger partial charge >= 0.3 is 0 Å². The van der Waals surface area contributed by atoms with Gasteiger partial charge in [0.05, 0.1) is 18.6 Å². The van der Waals surface area contributed by atoms with Crippen molar-refractivity contribution in [2.45, 2.75) is 32.6 Å². The minimum absolute atomic E-state index is 0.155. The lowest BCUT2D eigenvalue weighted by Crippen LogP contribution is -2.55. The molecule has 0 unspecified atom stereocenters. The third-order valence-electron chi connectivity index (χ3n) is 3.53. The van der Waals surface area contributed by atoms with E-state index in [4.69, 9.17) is 4.74 Å². The lowest BCUT2D eigenvalue weighted by Gasteiger charge is -2.43. The van der Waals surface area contributed by atoms with Crippen molar-refractivity contribution in [1.29, 1.82) is 0 Å². The smallest absolute Gasteiger partial charge is 0.233 e. The summed E-state index contributed by atoms with van der Waals surface area (Å²) in [5.74, 6) is 0.339. The molecular weight excluding hydrogens is 178 g/mol. The average Bonchev–Trinajstić information content (AvgIpc) is 2.18. The summed E-state index contributed by atoms with van der Waals surface area (Å²) >= 11 is 0. The Morgan fingerprint density at radius 2 is 1.93 bits per heavy atom. The van der Waals surface area contributed by atoms with E-state index in [1.54, 1.807) is 0 Å². The van der Waals surface area contributed by atoms with Gasteiger partial charge in [-0.2, -0.15) is 0 Å². The summed E-state index contributed by atoms with van der Waals surface area (Å²) in [6, 6.07) is 0. The second kappa shape index (κ2) is 3.89. The first kappa shape index (κ1) is 9.97. The molecule has 3 nitrogen and oxygen atoms in total. The summed E-state index contributed by atoms with van der Waals surface area (Å²) in [7, 11) is 0. The number of nitrogens with zero attached hydrogens (tertiary/aromatic N) is 1. The fourth-order valence-electron chi connectivity index (χ4n) is 2.26. The van der Waals surface area contributed by atoms with Gasteiger partial charge in [0.15, 0.2) is 0 Å². The predicted molar refractivity (Wildman–Crippen MR) is 54.0 cm³/mol. The van der Waals surface area contributed by atoms with Crippen molar-refractivity contribution in [3.05, 3.63) is 0 Å². The van der Waals surface area contributed by atoms with Crippen molar-refractivity contribution < 1.29 is 9.53 Å². The molecule has 0 aromatic rings. The Kier molecular flexibility index (Phi) is 2.77. The zero-order valence-corrected chi connectivity index (χ0v) is 8.92. The van der Waals surface area contributed by atoms with Crippen LogP contribution in [0.4, 0.5) is 0 Å². The third kappa shape index (κ3) is 1.54. The molecule has 2 aliphatic rings. The highest BCUT2D eigenvalue weighted by Crippen LogP contribution is 2.34. The molecule has 0 saturated carbocycles. The van der Waals surface area contributed by atoms with Gasteiger partial charge in [0.25, 0.3) is 0 Å². The van der Waals surface area contributed by atoms with Crippen LogP contribution in [0, 0.1) is 5.41 Å². The number of amides is 1. The van der Waals surface area contributed by atoms with Crippen LogP contribution in [0.25, 0.3) is 0 Å². The van der Waals surface area contributed by atoms with Crippen LogP contribution in [0.15, 0.2) is 0 Å². The van der Waals surface area contributed by atoms with Crippen LogP contribution in [0.1, 0.15) is 32.6 Å². The van der Waals surface area contributed by atoms with Crippen LogP contribution in [0.2, 0.25) is 0 Å². The van der Waals surface area contributed by atoms with E-state index in [1.807, 2.05) is 4.90 Å². The maximum Gasteiger partial charge on any atom is 0.233 e. The van der Waals surface area contributed by atoms with Gasteiger partial charge in [-0.3, -0.25) is 4.79 Å². The van der Waals surface area contributed by atoms with Crippen LogP contribution < -0.4 is 0 Å². The average molecular weight is 197 g/mol. The molecule has 0 aliphatic carbocycles. The van der Waals surface area contributed by atoms with Crippen LogP contribution in [-0.2, 0) is 9.53 Å².